The summed E-state index contributed by atoms with van der Waals surface area (Å²) in [5.41, 5.74) is 2.29. The smallest absolute Gasteiger partial charge is 0.225 e. The summed E-state index contributed by atoms with van der Waals surface area (Å²) in [5, 5.41) is 2.96. The van der Waals surface area contributed by atoms with Crippen molar-refractivity contribution < 1.29 is 4.79 Å². The number of rotatable bonds is 3. The maximum atomic E-state index is 11.8. The van der Waals surface area contributed by atoms with Gasteiger partial charge in [0.25, 0.3) is 0 Å². The van der Waals surface area contributed by atoms with Crippen LogP contribution in [-0.2, 0) is 10.2 Å². The second-order valence-corrected chi connectivity index (χ2v) is 5.76. The SMILES string of the molecule is CC(C)CC[C@]1(C)CC(=O)Nc2ccccc21. The molecule has 1 aromatic carbocycles. The number of carbonyl (C=O) groups excluding carboxylic acids is 1. The van der Waals surface area contributed by atoms with Gasteiger partial charge < -0.3 is 5.32 Å². The van der Waals surface area contributed by atoms with E-state index in [-0.39, 0.29) is 11.3 Å². The fourth-order valence-corrected chi connectivity index (χ4v) is 2.59. The summed E-state index contributed by atoms with van der Waals surface area (Å²) in [6.07, 6.45) is 2.85. The van der Waals surface area contributed by atoms with Gasteiger partial charge in [-0.05, 0) is 24.0 Å². The predicted octanol–water partition coefficient (Wildman–Crippen LogP) is 3.72. The lowest BCUT2D eigenvalue weighted by Gasteiger charge is -2.36. The van der Waals surface area contributed by atoms with Crippen molar-refractivity contribution in [3.8, 4) is 0 Å². The number of anilines is 1. The first-order chi connectivity index (χ1) is 8.01. The summed E-state index contributed by atoms with van der Waals surface area (Å²) in [6, 6.07) is 8.19. The van der Waals surface area contributed by atoms with Crippen molar-refractivity contribution in [3.63, 3.8) is 0 Å². The monoisotopic (exact) mass is 231 g/mol. The van der Waals surface area contributed by atoms with Crippen molar-refractivity contribution in [1.29, 1.82) is 0 Å². The van der Waals surface area contributed by atoms with Gasteiger partial charge in [0.2, 0.25) is 5.91 Å². The molecule has 2 nitrogen and oxygen atoms in total. The van der Waals surface area contributed by atoms with Gasteiger partial charge in [0.1, 0.15) is 0 Å². The molecule has 0 spiro atoms. The molecule has 1 heterocycles. The largest absolute Gasteiger partial charge is 0.326 e. The minimum atomic E-state index is 0.00317. The van der Waals surface area contributed by atoms with Gasteiger partial charge in [-0.1, -0.05) is 45.4 Å². The maximum absolute atomic E-state index is 11.8. The number of carbonyl (C=O) groups is 1. The third-order valence-electron chi connectivity index (χ3n) is 3.68. The van der Waals surface area contributed by atoms with Crippen molar-refractivity contribution in [2.45, 2.75) is 45.4 Å². The Morgan fingerprint density at radius 2 is 2.06 bits per heavy atom. The van der Waals surface area contributed by atoms with E-state index in [9.17, 15) is 4.79 Å². The highest BCUT2D eigenvalue weighted by Crippen LogP contribution is 2.41. The molecule has 1 amide bonds. The number of hydrogen-bond donors (Lipinski definition) is 1. The fraction of sp³-hybridized carbons (Fsp3) is 0.533. The van der Waals surface area contributed by atoms with Crippen LogP contribution < -0.4 is 5.32 Å². The van der Waals surface area contributed by atoms with E-state index in [1.807, 2.05) is 12.1 Å². The summed E-state index contributed by atoms with van der Waals surface area (Å²) < 4.78 is 0. The number of benzene rings is 1. The lowest BCUT2D eigenvalue weighted by molar-refractivity contribution is -0.117. The fourth-order valence-electron chi connectivity index (χ4n) is 2.59. The van der Waals surface area contributed by atoms with Crippen LogP contribution in [0, 0.1) is 5.92 Å². The topological polar surface area (TPSA) is 29.1 Å². The molecule has 17 heavy (non-hydrogen) atoms. The number of para-hydroxylation sites is 1. The number of amides is 1. The van der Waals surface area contributed by atoms with Gasteiger partial charge in [0.05, 0.1) is 0 Å². The van der Waals surface area contributed by atoms with Crippen molar-refractivity contribution >= 4 is 11.6 Å². The minimum Gasteiger partial charge on any atom is -0.326 e. The molecule has 92 valence electrons. The molecule has 0 bridgehead atoms. The Morgan fingerprint density at radius 1 is 1.35 bits per heavy atom. The zero-order valence-electron chi connectivity index (χ0n) is 10.9. The second-order valence-electron chi connectivity index (χ2n) is 5.76. The van der Waals surface area contributed by atoms with E-state index in [0.717, 1.165) is 18.5 Å². The van der Waals surface area contributed by atoms with Gasteiger partial charge in [-0.2, -0.15) is 0 Å². The summed E-state index contributed by atoms with van der Waals surface area (Å²) in [6.45, 7) is 6.68. The minimum absolute atomic E-state index is 0.00317. The number of hydrogen-bond acceptors (Lipinski definition) is 1. The Labute approximate surface area is 103 Å². The van der Waals surface area contributed by atoms with Crippen LogP contribution in [0.25, 0.3) is 0 Å². The Balaban J connectivity index is 2.30. The molecule has 0 unspecified atom stereocenters. The lowest BCUT2D eigenvalue weighted by Crippen LogP contribution is -2.35. The first-order valence-corrected chi connectivity index (χ1v) is 6.41. The average molecular weight is 231 g/mol. The van der Waals surface area contributed by atoms with Crippen LogP contribution in [0.1, 0.15) is 45.6 Å². The molecule has 0 radical (unpaired) electrons. The molecule has 1 aliphatic rings. The van der Waals surface area contributed by atoms with E-state index >= 15 is 0 Å². The highest BCUT2D eigenvalue weighted by molar-refractivity contribution is 5.95. The van der Waals surface area contributed by atoms with E-state index in [0.29, 0.717) is 12.3 Å². The van der Waals surface area contributed by atoms with Gasteiger partial charge in [-0.3, -0.25) is 4.79 Å². The van der Waals surface area contributed by atoms with Crippen molar-refractivity contribution in [1.82, 2.24) is 0 Å². The zero-order valence-corrected chi connectivity index (χ0v) is 10.9. The molecular formula is C15H21NO. The molecule has 0 fully saturated rings. The van der Waals surface area contributed by atoms with Crippen LogP contribution in [0.2, 0.25) is 0 Å². The predicted molar refractivity (Wildman–Crippen MR) is 71.1 cm³/mol. The summed E-state index contributed by atoms with van der Waals surface area (Å²) >= 11 is 0. The highest BCUT2D eigenvalue weighted by atomic mass is 16.1. The Hall–Kier alpha value is -1.31. The number of fused-ring (bicyclic) bond motifs is 1. The molecular weight excluding hydrogens is 210 g/mol. The van der Waals surface area contributed by atoms with Crippen LogP contribution in [-0.4, -0.2) is 5.91 Å². The van der Waals surface area contributed by atoms with Crippen LogP contribution in [0.3, 0.4) is 0 Å². The third-order valence-corrected chi connectivity index (χ3v) is 3.68. The molecule has 2 rings (SSSR count). The van der Waals surface area contributed by atoms with Gasteiger partial charge in [0, 0.05) is 17.5 Å². The highest BCUT2D eigenvalue weighted by Gasteiger charge is 2.35. The van der Waals surface area contributed by atoms with Crippen LogP contribution in [0.5, 0.6) is 0 Å². The van der Waals surface area contributed by atoms with Crippen molar-refractivity contribution in [2.75, 3.05) is 5.32 Å². The molecule has 0 aliphatic carbocycles. The van der Waals surface area contributed by atoms with Crippen molar-refractivity contribution in [3.05, 3.63) is 29.8 Å². The molecule has 0 aromatic heterocycles. The summed E-state index contributed by atoms with van der Waals surface area (Å²) in [4.78, 5) is 11.8. The quantitative estimate of drug-likeness (QED) is 0.844. The van der Waals surface area contributed by atoms with E-state index in [1.54, 1.807) is 0 Å². The van der Waals surface area contributed by atoms with Crippen LogP contribution >= 0.6 is 0 Å². The molecule has 1 aromatic rings. The van der Waals surface area contributed by atoms with Gasteiger partial charge in [-0.15, -0.1) is 0 Å². The summed E-state index contributed by atoms with van der Waals surface area (Å²) in [7, 11) is 0. The molecule has 0 saturated heterocycles. The van der Waals surface area contributed by atoms with E-state index in [2.05, 4.69) is 38.2 Å². The standard InChI is InChI=1S/C15H21NO/c1-11(2)8-9-15(3)10-14(17)16-13-7-5-4-6-12(13)15/h4-7,11H,8-10H2,1-3H3,(H,16,17)/t15-/m1/s1. The molecule has 1 aliphatic heterocycles. The Bertz CT molecular complexity index is 425. The van der Waals surface area contributed by atoms with E-state index < -0.39 is 0 Å². The van der Waals surface area contributed by atoms with Crippen molar-refractivity contribution in [2.24, 2.45) is 5.92 Å². The Kier molecular flexibility index (Phi) is 3.23. The summed E-state index contributed by atoms with van der Waals surface area (Å²) in [5.74, 6) is 0.832. The number of nitrogens with one attached hydrogen (secondary N) is 1. The molecule has 2 heteroatoms. The second kappa shape index (κ2) is 4.52. The first kappa shape index (κ1) is 12.2. The van der Waals surface area contributed by atoms with E-state index in [1.165, 1.54) is 5.56 Å². The van der Waals surface area contributed by atoms with Crippen LogP contribution in [0.4, 0.5) is 5.69 Å². The van der Waals surface area contributed by atoms with Gasteiger partial charge >= 0.3 is 0 Å². The molecule has 0 saturated carbocycles. The maximum Gasteiger partial charge on any atom is 0.225 e. The van der Waals surface area contributed by atoms with Crippen LogP contribution in [0.15, 0.2) is 24.3 Å². The van der Waals surface area contributed by atoms with Gasteiger partial charge in [0.15, 0.2) is 0 Å². The average Bonchev–Trinajstić information content (AvgIpc) is 2.26. The third kappa shape index (κ3) is 2.51. The Morgan fingerprint density at radius 3 is 2.76 bits per heavy atom. The first-order valence-electron chi connectivity index (χ1n) is 6.41. The normalized spacial score (nSPS) is 23.4. The molecule has 1 N–H and O–H groups in total. The zero-order chi connectivity index (χ0) is 12.5. The lowest BCUT2D eigenvalue weighted by atomic mass is 9.72. The molecule has 1 atom stereocenters. The van der Waals surface area contributed by atoms with E-state index in [4.69, 9.17) is 0 Å². The van der Waals surface area contributed by atoms with Gasteiger partial charge in [-0.25, -0.2) is 0 Å².